The van der Waals surface area contributed by atoms with Crippen molar-refractivity contribution in [1.82, 2.24) is 5.06 Å². The summed E-state index contributed by atoms with van der Waals surface area (Å²) in [5.41, 5.74) is 1.12. The molecule has 2 rings (SSSR count). The number of hydrogen-bond donors (Lipinski definition) is 0. The SMILES string of the molecule is C[C@H](/C=C/c1ccccc1)[C@H](C/C=C/C(=O)ON1C(=O)CCC1=O)O[Si](C)(C)C(C)(C)C. The van der Waals surface area contributed by atoms with E-state index >= 15 is 0 Å². The average Bonchev–Trinajstić information content (AvgIpc) is 3.03. The number of benzene rings is 1. The number of hydrogen-bond acceptors (Lipinski definition) is 5. The summed E-state index contributed by atoms with van der Waals surface area (Å²) in [5.74, 6) is -1.62. The summed E-state index contributed by atoms with van der Waals surface area (Å²) in [5, 5.41) is 0.606. The Bertz CT molecular complexity index is 854. The number of nitrogens with zero attached hydrogens (tertiary/aromatic N) is 1. The van der Waals surface area contributed by atoms with Gasteiger partial charge in [-0.3, -0.25) is 9.59 Å². The summed E-state index contributed by atoms with van der Waals surface area (Å²) in [4.78, 5) is 40.2. The highest BCUT2D eigenvalue weighted by atomic mass is 28.4. The van der Waals surface area contributed by atoms with Crippen LogP contribution in [0.15, 0.2) is 48.6 Å². The minimum absolute atomic E-state index is 0.0488. The molecule has 0 aliphatic carbocycles. The maximum absolute atomic E-state index is 12.1. The Hall–Kier alpha value is -2.51. The molecule has 0 aromatic heterocycles. The van der Waals surface area contributed by atoms with Crippen LogP contribution in [0.1, 0.15) is 52.5 Å². The topological polar surface area (TPSA) is 72.9 Å². The van der Waals surface area contributed by atoms with Crippen LogP contribution >= 0.6 is 0 Å². The predicted octanol–water partition coefficient (Wildman–Crippen LogP) is 5.28. The van der Waals surface area contributed by atoms with Gasteiger partial charge in [0.05, 0.1) is 6.10 Å². The van der Waals surface area contributed by atoms with E-state index < -0.39 is 26.1 Å². The summed E-state index contributed by atoms with van der Waals surface area (Å²) in [6, 6.07) is 10.1. The third kappa shape index (κ3) is 7.27. The van der Waals surface area contributed by atoms with E-state index in [-0.39, 0.29) is 29.9 Å². The van der Waals surface area contributed by atoms with Crippen LogP contribution in [0.2, 0.25) is 18.1 Å². The summed E-state index contributed by atoms with van der Waals surface area (Å²) >= 11 is 0. The van der Waals surface area contributed by atoms with Crippen LogP contribution < -0.4 is 0 Å². The van der Waals surface area contributed by atoms with Gasteiger partial charge in [0.1, 0.15) is 0 Å². The Kier molecular flexibility index (Phi) is 8.75. The molecule has 1 fully saturated rings. The van der Waals surface area contributed by atoms with E-state index in [1.807, 2.05) is 30.3 Å². The fourth-order valence-corrected chi connectivity index (χ4v) is 4.37. The molecule has 0 spiro atoms. The van der Waals surface area contributed by atoms with E-state index in [0.29, 0.717) is 11.5 Å². The first-order valence-electron chi connectivity index (χ1n) is 11.1. The monoisotopic (exact) mass is 457 g/mol. The molecular weight excluding hydrogens is 422 g/mol. The molecule has 1 aliphatic heterocycles. The fraction of sp³-hybridized carbons (Fsp3) is 0.480. The van der Waals surface area contributed by atoms with Crippen LogP contribution in [0.5, 0.6) is 0 Å². The van der Waals surface area contributed by atoms with E-state index in [9.17, 15) is 14.4 Å². The summed E-state index contributed by atoms with van der Waals surface area (Å²) < 4.78 is 6.67. The largest absolute Gasteiger partial charge is 0.413 e. The molecule has 1 aliphatic rings. The van der Waals surface area contributed by atoms with E-state index in [1.54, 1.807) is 6.08 Å². The highest BCUT2D eigenvalue weighted by molar-refractivity contribution is 6.74. The average molecular weight is 458 g/mol. The number of carbonyl (C=O) groups is 3. The number of hydroxylamine groups is 2. The molecule has 0 bridgehead atoms. The van der Waals surface area contributed by atoms with Gasteiger partial charge in [-0.05, 0) is 36.0 Å². The highest BCUT2D eigenvalue weighted by Gasteiger charge is 2.39. The van der Waals surface area contributed by atoms with E-state index in [2.05, 4.69) is 52.9 Å². The number of amides is 2. The van der Waals surface area contributed by atoms with Gasteiger partial charge in [0.25, 0.3) is 11.8 Å². The Balaban J connectivity index is 2.08. The molecule has 174 valence electrons. The lowest BCUT2D eigenvalue weighted by molar-refractivity contribution is -0.193. The van der Waals surface area contributed by atoms with Crippen LogP contribution in [0.4, 0.5) is 0 Å². The van der Waals surface area contributed by atoms with Crippen molar-refractivity contribution in [3.8, 4) is 0 Å². The van der Waals surface area contributed by atoms with Gasteiger partial charge in [-0.15, -0.1) is 5.06 Å². The standard InChI is InChI=1S/C25H35NO5Si/c1-19(15-16-20-11-8-7-9-12-20)21(31-32(5,6)25(2,3)4)13-10-14-24(29)30-26-22(27)17-18-23(26)28/h7-12,14-16,19,21H,13,17-18H2,1-6H3/b14-10+,16-15+/t19-,21+/m1/s1. The molecule has 1 saturated heterocycles. The number of rotatable bonds is 9. The minimum Gasteiger partial charge on any atom is -0.413 e. The van der Waals surface area contributed by atoms with Gasteiger partial charge >= 0.3 is 5.97 Å². The van der Waals surface area contributed by atoms with Crippen molar-refractivity contribution >= 4 is 32.2 Å². The molecule has 1 aromatic carbocycles. The number of carbonyl (C=O) groups excluding carboxylic acids is 3. The van der Waals surface area contributed by atoms with Crippen LogP contribution in [0.25, 0.3) is 6.08 Å². The smallest absolute Gasteiger partial charge is 0.356 e. The second-order valence-electron chi connectivity index (χ2n) is 9.68. The van der Waals surface area contributed by atoms with Crippen molar-refractivity contribution in [2.75, 3.05) is 0 Å². The van der Waals surface area contributed by atoms with Crippen molar-refractivity contribution in [3.63, 3.8) is 0 Å². The fourth-order valence-electron chi connectivity index (χ4n) is 2.95. The van der Waals surface area contributed by atoms with Crippen LogP contribution in [-0.4, -0.2) is 37.3 Å². The molecule has 2 atom stereocenters. The molecule has 0 saturated carbocycles. The third-order valence-electron chi connectivity index (χ3n) is 6.04. The summed E-state index contributed by atoms with van der Waals surface area (Å²) in [6.07, 6.45) is 7.68. The second-order valence-corrected chi connectivity index (χ2v) is 14.4. The van der Waals surface area contributed by atoms with Gasteiger partial charge in [0.2, 0.25) is 0 Å². The molecule has 2 amide bonds. The zero-order valence-corrected chi connectivity index (χ0v) is 21.0. The molecule has 6 nitrogen and oxygen atoms in total. The first-order valence-corrected chi connectivity index (χ1v) is 14.0. The van der Waals surface area contributed by atoms with E-state index in [4.69, 9.17) is 9.26 Å². The van der Waals surface area contributed by atoms with Crippen molar-refractivity contribution in [2.24, 2.45) is 5.92 Å². The van der Waals surface area contributed by atoms with Gasteiger partial charge in [-0.2, -0.15) is 0 Å². The molecule has 0 unspecified atom stereocenters. The zero-order chi connectivity index (χ0) is 23.9. The van der Waals surface area contributed by atoms with Crippen molar-refractivity contribution < 1.29 is 23.6 Å². The molecule has 1 aromatic rings. The minimum atomic E-state index is -2.05. The molecule has 7 heteroatoms. The van der Waals surface area contributed by atoms with Gasteiger partial charge in [-0.25, -0.2) is 4.79 Å². The Morgan fingerprint density at radius 2 is 1.72 bits per heavy atom. The zero-order valence-electron chi connectivity index (χ0n) is 20.0. The first-order chi connectivity index (χ1) is 14.9. The van der Waals surface area contributed by atoms with Gasteiger partial charge in [0, 0.05) is 18.9 Å². The molecule has 1 heterocycles. The van der Waals surface area contributed by atoms with E-state index in [1.165, 1.54) is 6.08 Å². The lowest BCUT2D eigenvalue weighted by atomic mass is 10.00. The van der Waals surface area contributed by atoms with E-state index in [0.717, 1.165) is 5.56 Å². The Labute approximate surface area is 192 Å². The highest BCUT2D eigenvalue weighted by Crippen LogP contribution is 2.38. The lowest BCUT2D eigenvalue weighted by Crippen LogP contribution is -2.45. The second kappa shape index (κ2) is 10.9. The van der Waals surface area contributed by atoms with Gasteiger partial charge < -0.3 is 9.26 Å². The van der Waals surface area contributed by atoms with Crippen LogP contribution in [0.3, 0.4) is 0 Å². The normalized spacial score (nSPS) is 17.4. The summed E-state index contributed by atoms with van der Waals surface area (Å²) in [7, 11) is -2.05. The Morgan fingerprint density at radius 1 is 1.12 bits per heavy atom. The van der Waals surface area contributed by atoms with Gasteiger partial charge in [0.15, 0.2) is 8.32 Å². The molecule has 32 heavy (non-hydrogen) atoms. The van der Waals surface area contributed by atoms with Gasteiger partial charge in [-0.1, -0.05) is 76.3 Å². The molecular formula is C25H35NO5Si. The molecule has 0 N–H and O–H groups in total. The molecule has 0 radical (unpaired) electrons. The quantitative estimate of drug-likeness (QED) is 0.287. The van der Waals surface area contributed by atoms with Crippen molar-refractivity contribution in [1.29, 1.82) is 0 Å². The maximum atomic E-state index is 12.1. The van der Waals surface area contributed by atoms with Crippen LogP contribution in [-0.2, 0) is 23.6 Å². The van der Waals surface area contributed by atoms with Crippen LogP contribution in [0, 0.1) is 5.92 Å². The predicted molar refractivity (Wildman–Crippen MR) is 128 cm³/mol. The summed E-state index contributed by atoms with van der Waals surface area (Å²) in [6.45, 7) is 13.1. The Morgan fingerprint density at radius 3 is 2.28 bits per heavy atom. The van der Waals surface area contributed by atoms with Crippen molar-refractivity contribution in [2.45, 2.75) is 71.2 Å². The van der Waals surface area contributed by atoms with Crippen molar-refractivity contribution in [3.05, 3.63) is 54.1 Å². The first kappa shape index (κ1) is 25.7. The lowest BCUT2D eigenvalue weighted by Gasteiger charge is -2.40. The number of imide groups is 1. The third-order valence-corrected chi connectivity index (χ3v) is 10.5. The maximum Gasteiger partial charge on any atom is 0.356 e.